The summed E-state index contributed by atoms with van der Waals surface area (Å²) in [6, 6.07) is 8.99. The highest BCUT2D eigenvalue weighted by atomic mass is 32.2. The third kappa shape index (κ3) is 7.23. The van der Waals surface area contributed by atoms with Crippen LogP contribution in [-0.4, -0.2) is 40.5 Å². The maximum Gasteiger partial charge on any atom is 0.269 e. The van der Waals surface area contributed by atoms with Gasteiger partial charge in [0, 0.05) is 18.5 Å². The van der Waals surface area contributed by atoms with E-state index in [4.69, 9.17) is 9.47 Å². The van der Waals surface area contributed by atoms with E-state index in [0.717, 1.165) is 24.3 Å². The molecule has 3 N–H and O–H groups in total. The van der Waals surface area contributed by atoms with Crippen LogP contribution in [0, 0.1) is 5.82 Å². The number of benzene rings is 2. The standard InChI is InChI=1S/C20H24FN3O6S/c1-3-30-17-11-6-14(13-18(17)29-2)20(26)24-23-19(25)5-4-12-22-31(27,28)16-9-7-15(21)8-10-16/h6-11,13,22H,3-5,12H2,1-2H3,(H,23,25)(H,24,26). The summed E-state index contributed by atoms with van der Waals surface area (Å²) in [6.07, 6.45) is 0.165. The summed E-state index contributed by atoms with van der Waals surface area (Å²) >= 11 is 0. The number of hydrogen-bond acceptors (Lipinski definition) is 6. The number of halogens is 1. The summed E-state index contributed by atoms with van der Waals surface area (Å²) in [6.45, 7) is 2.26. The molecule has 0 saturated carbocycles. The molecule has 0 bridgehead atoms. The molecule has 0 spiro atoms. The molecule has 0 saturated heterocycles. The van der Waals surface area contributed by atoms with E-state index in [1.54, 1.807) is 6.07 Å². The zero-order valence-electron chi connectivity index (χ0n) is 17.1. The Morgan fingerprint density at radius 3 is 2.39 bits per heavy atom. The van der Waals surface area contributed by atoms with Crippen molar-refractivity contribution >= 4 is 21.8 Å². The normalized spacial score (nSPS) is 10.9. The highest BCUT2D eigenvalue weighted by Gasteiger charge is 2.14. The summed E-state index contributed by atoms with van der Waals surface area (Å²) in [5.41, 5.74) is 4.80. The van der Waals surface area contributed by atoms with Crippen molar-refractivity contribution in [1.29, 1.82) is 0 Å². The highest BCUT2D eigenvalue weighted by molar-refractivity contribution is 7.89. The van der Waals surface area contributed by atoms with Gasteiger partial charge in [0.2, 0.25) is 15.9 Å². The van der Waals surface area contributed by atoms with Gasteiger partial charge in [-0.1, -0.05) is 0 Å². The lowest BCUT2D eigenvalue weighted by molar-refractivity contribution is -0.121. The lowest BCUT2D eigenvalue weighted by Gasteiger charge is -2.12. The first-order chi connectivity index (χ1) is 14.8. The van der Waals surface area contributed by atoms with Crippen molar-refractivity contribution < 1.29 is 31.9 Å². The van der Waals surface area contributed by atoms with Crippen LogP contribution < -0.4 is 25.0 Å². The van der Waals surface area contributed by atoms with Crippen LogP contribution >= 0.6 is 0 Å². The van der Waals surface area contributed by atoms with Gasteiger partial charge in [-0.25, -0.2) is 17.5 Å². The Labute approximate surface area is 180 Å². The summed E-state index contributed by atoms with van der Waals surface area (Å²) in [5.74, 6) is -0.705. The Hall–Kier alpha value is -3.18. The van der Waals surface area contributed by atoms with Gasteiger partial charge >= 0.3 is 0 Å². The van der Waals surface area contributed by atoms with Gasteiger partial charge in [-0.15, -0.1) is 0 Å². The molecule has 0 aliphatic heterocycles. The second-order valence-corrected chi connectivity index (χ2v) is 8.02. The van der Waals surface area contributed by atoms with Crippen LogP contribution in [0.5, 0.6) is 11.5 Å². The minimum atomic E-state index is -3.79. The number of amides is 2. The number of rotatable bonds is 10. The summed E-state index contributed by atoms with van der Waals surface area (Å²) < 4.78 is 49.9. The first kappa shape index (κ1) is 24.1. The first-order valence-electron chi connectivity index (χ1n) is 9.42. The minimum absolute atomic E-state index is 0.00281. The number of carbonyl (C=O) groups excluding carboxylic acids is 2. The zero-order valence-corrected chi connectivity index (χ0v) is 17.9. The zero-order chi connectivity index (χ0) is 22.9. The molecule has 0 unspecified atom stereocenters. The number of sulfonamides is 1. The van der Waals surface area contributed by atoms with Crippen LogP contribution in [0.4, 0.5) is 4.39 Å². The number of ether oxygens (including phenoxy) is 2. The number of hydrazine groups is 1. The molecule has 9 nitrogen and oxygen atoms in total. The lowest BCUT2D eigenvalue weighted by Crippen LogP contribution is -2.41. The molecule has 0 fully saturated rings. The summed E-state index contributed by atoms with van der Waals surface area (Å²) in [5, 5.41) is 0. The highest BCUT2D eigenvalue weighted by Crippen LogP contribution is 2.27. The average Bonchev–Trinajstić information content (AvgIpc) is 2.75. The maximum atomic E-state index is 12.9. The molecule has 2 amide bonds. The van der Waals surface area contributed by atoms with Crippen molar-refractivity contribution in [2.75, 3.05) is 20.3 Å². The molecule has 168 valence electrons. The van der Waals surface area contributed by atoms with Gasteiger partial charge in [-0.3, -0.25) is 20.4 Å². The first-order valence-corrected chi connectivity index (χ1v) is 10.9. The molecule has 0 atom stereocenters. The Kier molecular flexibility index (Phi) is 8.76. The molecule has 0 aliphatic carbocycles. The van der Waals surface area contributed by atoms with Gasteiger partial charge in [0.05, 0.1) is 18.6 Å². The third-order valence-electron chi connectivity index (χ3n) is 4.04. The van der Waals surface area contributed by atoms with Crippen LogP contribution in [0.2, 0.25) is 0 Å². The van der Waals surface area contributed by atoms with Crippen LogP contribution in [0.15, 0.2) is 47.4 Å². The second-order valence-electron chi connectivity index (χ2n) is 6.26. The largest absolute Gasteiger partial charge is 0.493 e. The molecule has 2 aromatic rings. The molecule has 0 aromatic heterocycles. The third-order valence-corrected chi connectivity index (χ3v) is 5.51. The number of methoxy groups -OCH3 is 1. The summed E-state index contributed by atoms with van der Waals surface area (Å²) in [4.78, 5) is 24.0. The molecular weight excluding hydrogens is 429 g/mol. The van der Waals surface area contributed by atoms with Crippen molar-refractivity contribution in [2.24, 2.45) is 0 Å². The SMILES string of the molecule is CCOc1ccc(C(=O)NNC(=O)CCCNS(=O)(=O)c2ccc(F)cc2)cc1OC. The number of hydrogen-bond donors (Lipinski definition) is 3. The van der Waals surface area contributed by atoms with Gasteiger partial charge in [-0.2, -0.15) is 0 Å². The fourth-order valence-corrected chi connectivity index (χ4v) is 3.57. The molecule has 31 heavy (non-hydrogen) atoms. The maximum absolute atomic E-state index is 12.9. The Bertz CT molecular complexity index is 1010. The van der Waals surface area contributed by atoms with Crippen molar-refractivity contribution in [3.8, 4) is 11.5 Å². The Morgan fingerprint density at radius 1 is 1.03 bits per heavy atom. The lowest BCUT2D eigenvalue weighted by atomic mass is 10.2. The smallest absolute Gasteiger partial charge is 0.269 e. The molecule has 0 heterocycles. The van der Waals surface area contributed by atoms with Crippen LogP contribution in [0.1, 0.15) is 30.1 Å². The molecular formula is C20H24FN3O6S. The van der Waals surface area contributed by atoms with Gasteiger partial charge in [-0.05, 0) is 55.8 Å². The van der Waals surface area contributed by atoms with E-state index in [-0.39, 0.29) is 29.8 Å². The van der Waals surface area contributed by atoms with E-state index in [9.17, 15) is 22.4 Å². The fourth-order valence-electron chi connectivity index (χ4n) is 2.50. The van der Waals surface area contributed by atoms with Gasteiger partial charge in [0.25, 0.3) is 5.91 Å². The topological polar surface area (TPSA) is 123 Å². The summed E-state index contributed by atoms with van der Waals surface area (Å²) in [7, 11) is -2.34. The number of carbonyl (C=O) groups is 2. The quantitative estimate of drug-likeness (QED) is 0.372. The van der Waals surface area contributed by atoms with Crippen LogP contribution in [-0.2, 0) is 14.8 Å². The van der Waals surface area contributed by atoms with E-state index in [0.29, 0.717) is 18.1 Å². The van der Waals surface area contributed by atoms with Crippen molar-refractivity contribution in [3.05, 3.63) is 53.8 Å². The van der Waals surface area contributed by atoms with E-state index in [2.05, 4.69) is 15.6 Å². The van der Waals surface area contributed by atoms with E-state index >= 15 is 0 Å². The van der Waals surface area contributed by atoms with Crippen molar-refractivity contribution in [1.82, 2.24) is 15.6 Å². The van der Waals surface area contributed by atoms with Crippen molar-refractivity contribution in [3.63, 3.8) is 0 Å². The Morgan fingerprint density at radius 2 is 1.74 bits per heavy atom. The minimum Gasteiger partial charge on any atom is -0.493 e. The Balaban J connectivity index is 1.76. The van der Waals surface area contributed by atoms with Gasteiger partial charge in [0.15, 0.2) is 11.5 Å². The van der Waals surface area contributed by atoms with Crippen LogP contribution in [0.25, 0.3) is 0 Å². The molecule has 0 aliphatic rings. The van der Waals surface area contributed by atoms with E-state index in [1.807, 2.05) is 6.92 Å². The molecule has 0 radical (unpaired) electrons. The van der Waals surface area contributed by atoms with Crippen molar-refractivity contribution in [2.45, 2.75) is 24.7 Å². The molecule has 2 rings (SSSR count). The predicted octanol–water partition coefficient (Wildman–Crippen LogP) is 1.75. The van der Waals surface area contributed by atoms with Gasteiger partial charge in [0.1, 0.15) is 5.82 Å². The fraction of sp³-hybridized carbons (Fsp3) is 0.300. The van der Waals surface area contributed by atoms with Gasteiger partial charge < -0.3 is 9.47 Å². The monoisotopic (exact) mass is 453 g/mol. The predicted molar refractivity (Wildman–Crippen MR) is 111 cm³/mol. The number of nitrogens with one attached hydrogen (secondary N) is 3. The van der Waals surface area contributed by atoms with E-state index < -0.39 is 27.7 Å². The molecule has 11 heteroatoms. The van der Waals surface area contributed by atoms with Crippen LogP contribution in [0.3, 0.4) is 0 Å². The molecule has 2 aromatic carbocycles. The second kappa shape index (κ2) is 11.3. The average molecular weight is 453 g/mol. The van der Waals surface area contributed by atoms with E-state index in [1.165, 1.54) is 19.2 Å².